The lowest BCUT2D eigenvalue weighted by Gasteiger charge is -2.36. The number of likely N-dealkylation sites (tertiary alicyclic amines) is 1. The van der Waals surface area contributed by atoms with Gasteiger partial charge >= 0.3 is 6.03 Å². The number of carbonyl (C=O) groups excluding carboxylic acids is 2. The highest BCUT2D eigenvalue weighted by Gasteiger charge is 2.35. The summed E-state index contributed by atoms with van der Waals surface area (Å²) in [6.45, 7) is 5.77. The Kier molecular flexibility index (Phi) is 3.86. The lowest BCUT2D eigenvalue weighted by atomic mass is 10.0. The molecule has 3 amide bonds. The number of hydrogen-bond donors (Lipinski definition) is 0. The van der Waals surface area contributed by atoms with Crippen LogP contribution in [0.15, 0.2) is 22.8 Å². The molecule has 0 radical (unpaired) electrons. The van der Waals surface area contributed by atoms with Crippen molar-refractivity contribution in [3.05, 3.63) is 24.2 Å². The first kappa shape index (κ1) is 14.0. The Morgan fingerprint density at radius 3 is 2.62 bits per heavy atom. The summed E-state index contributed by atoms with van der Waals surface area (Å²) < 4.78 is 5.16. The molecule has 2 saturated heterocycles. The third kappa shape index (κ3) is 2.62. The van der Waals surface area contributed by atoms with Crippen molar-refractivity contribution in [1.29, 1.82) is 0 Å². The van der Waals surface area contributed by atoms with E-state index in [1.165, 1.54) is 6.26 Å². The zero-order chi connectivity index (χ0) is 14.8. The molecule has 2 aliphatic rings. The van der Waals surface area contributed by atoms with Gasteiger partial charge in [-0.3, -0.25) is 4.79 Å². The van der Waals surface area contributed by atoms with Crippen LogP contribution in [0.25, 0.3) is 0 Å². The van der Waals surface area contributed by atoms with Crippen molar-refractivity contribution in [3.63, 3.8) is 0 Å². The standard InChI is InChI=1S/C15H21N3O3/c1-2-16-9-10-18(15(16)20)12-5-7-17(8-6-12)14(19)13-4-3-11-21-13/h3-4,11-12H,2,5-10H2,1H3. The zero-order valence-corrected chi connectivity index (χ0v) is 12.3. The average molecular weight is 291 g/mol. The van der Waals surface area contributed by atoms with Crippen molar-refractivity contribution in [2.75, 3.05) is 32.7 Å². The average Bonchev–Trinajstić information content (AvgIpc) is 3.16. The molecule has 0 aliphatic carbocycles. The molecule has 1 aromatic heterocycles. The van der Waals surface area contributed by atoms with Crippen LogP contribution in [0.3, 0.4) is 0 Å². The van der Waals surface area contributed by atoms with Crippen LogP contribution >= 0.6 is 0 Å². The van der Waals surface area contributed by atoms with Gasteiger partial charge in [0.2, 0.25) is 0 Å². The maximum Gasteiger partial charge on any atom is 0.320 e. The van der Waals surface area contributed by atoms with E-state index in [4.69, 9.17) is 4.42 Å². The normalized spacial score (nSPS) is 20.4. The topological polar surface area (TPSA) is 57.0 Å². The van der Waals surface area contributed by atoms with Crippen molar-refractivity contribution in [3.8, 4) is 0 Å². The number of furan rings is 1. The highest BCUT2D eigenvalue weighted by molar-refractivity contribution is 5.91. The Hall–Kier alpha value is -1.98. The number of nitrogens with zero attached hydrogens (tertiary/aromatic N) is 3. The molecule has 0 saturated carbocycles. The Labute approximate surface area is 124 Å². The van der Waals surface area contributed by atoms with Crippen LogP contribution in [0.4, 0.5) is 4.79 Å². The van der Waals surface area contributed by atoms with Gasteiger partial charge in [-0.25, -0.2) is 4.79 Å². The maximum atomic E-state index is 12.2. The van der Waals surface area contributed by atoms with E-state index in [1.54, 1.807) is 12.1 Å². The van der Waals surface area contributed by atoms with Crippen LogP contribution in [0.2, 0.25) is 0 Å². The van der Waals surface area contributed by atoms with Gasteiger partial charge in [-0.15, -0.1) is 0 Å². The minimum absolute atomic E-state index is 0.0543. The van der Waals surface area contributed by atoms with Crippen molar-refractivity contribution >= 4 is 11.9 Å². The molecule has 21 heavy (non-hydrogen) atoms. The molecule has 3 rings (SSSR count). The SMILES string of the molecule is CCN1CCN(C2CCN(C(=O)c3ccco3)CC2)C1=O. The van der Waals surface area contributed by atoms with Gasteiger partial charge in [0.1, 0.15) is 0 Å². The van der Waals surface area contributed by atoms with Crippen LogP contribution < -0.4 is 0 Å². The van der Waals surface area contributed by atoms with Gasteiger partial charge in [-0.2, -0.15) is 0 Å². The smallest absolute Gasteiger partial charge is 0.320 e. The third-order valence-corrected chi connectivity index (χ3v) is 4.43. The van der Waals surface area contributed by atoms with E-state index in [1.807, 2.05) is 21.6 Å². The summed E-state index contributed by atoms with van der Waals surface area (Å²) in [4.78, 5) is 30.0. The minimum Gasteiger partial charge on any atom is -0.459 e. The van der Waals surface area contributed by atoms with Crippen molar-refractivity contribution in [2.45, 2.75) is 25.8 Å². The van der Waals surface area contributed by atoms with Gasteiger partial charge in [0.15, 0.2) is 5.76 Å². The second-order valence-corrected chi connectivity index (χ2v) is 5.56. The molecule has 3 heterocycles. The molecule has 2 fully saturated rings. The van der Waals surface area contributed by atoms with Gasteiger partial charge in [0, 0.05) is 38.8 Å². The largest absolute Gasteiger partial charge is 0.459 e. The van der Waals surface area contributed by atoms with E-state index in [-0.39, 0.29) is 18.0 Å². The van der Waals surface area contributed by atoms with Gasteiger partial charge in [-0.05, 0) is 31.9 Å². The molecule has 114 valence electrons. The summed E-state index contributed by atoms with van der Waals surface area (Å²) in [5.41, 5.74) is 0. The second-order valence-electron chi connectivity index (χ2n) is 5.56. The summed E-state index contributed by atoms with van der Waals surface area (Å²) >= 11 is 0. The second kappa shape index (κ2) is 5.79. The number of carbonyl (C=O) groups is 2. The highest BCUT2D eigenvalue weighted by Crippen LogP contribution is 2.22. The van der Waals surface area contributed by atoms with E-state index < -0.39 is 0 Å². The third-order valence-electron chi connectivity index (χ3n) is 4.43. The number of piperidine rings is 1. The molecule has 0 spiro atoms. The fourth-order valence-corrected chi connectivity index (χ4v) is 3.17. The van der Waals surface area contributed by atoms with E-state index in [9.17, 15) is 9.59 Å². The van der Waals surface area contributed by atoms with Crippen molar-refractivity contribution in [1.82, 2.24) is 14.7 Å². The lowest BCUT2D eigenvalue weighted by Crippen LogP contribution is -2.48. The predicted octanol–water partition coefficient (Wildman–Crippen LogP) is 1.64. The molecule has 0 atom stereocenters. The first-order chi connectivity index (χ1) is 10.2. The molecule has 6 heteroatoms. The van der Waals surface area contributed by atoms with E-state index in [0.717, 1.165) is 32.5 Å². The van der Waals surface area contributed by atoms with Gasteiger partial charge in [-0.1, -0.05) is 0 Å². The van der Waals surface area contributed by atoms with Crippen LogP contribution in [0, 0.1) is 0 Å². The number of likely N-dealkylation sites (N-methyl/N-ethyl adjacent to an activating group) is 1. The first-order valence-corrected chi connectivity index (χ1v) is 7.59. The molecule has 0 unspecified atom stereocenters. The van der Waals surface area contributed by atoms with Crippen LogP contribution in [-0.4, -0.2) is 65.4 Å². The number of hydrogen-bond acceptors (Lipinski definition) is 3. The fraction of sp³-hybridized carbons (Fsp3) is 0.600. The quantitative estimate of drug-likeness (QED) is 0.850. The Morgan fingerprint density at radius 2 is 2.05 bits per heavy atom. The van der Waals surface area contributed by atoms with Crippen LogP contribution in [0.1, 0.15) is 30.3 Å². The number of rotatable bonds is 3. The maximum absolute atomic E-state index is 12.2. The molecular formula is C15H21N3O3. The van der Waals surface area contributed by atoms with Crippen molar-refractivity contribution < 1.29 is 14.0 Å². The predicted molar refractivity (Wildman–Crippen MR) is 77.0 cm³/mol. The summed E-state index contributed by atoms with van der Waals surface area (Å²) in [7, 11) is 0. The Balaban J connectivity index is 1.56. The number of urea groups is 1. The summed E-state index contributed by atoms with van der Waals surface area (Å²) in [5, 5.41) is 0. The Morgan fingerprint density at radius 1 is 1.29 bits per heavy atom. The summed E-state index contributed by atoms with van der Waals surface area (Å²) in [5.74, 6) is 0.337. The molecule has 1 aromatic rings. The Bertz CT molecular complexity index is 506. The molecule has 2 aliphatic heterocycles. The number of amides is 3. The molecule has 0 N–H and O–H groups in total. The summed E-state index contributed by atoms with van der Waals surface area (Å²) in [6, 6.07) is 3.82. The molecule has 6 nitrogen and oxygen atoms in total. The lowest BCUT2D eigenvalue weighted by molar-refractivity contribution is 0.0632. The van der Waals surface area contributed by atoms with Gasteiger partial charge in [0.25, 0.3) is 5.91 Å². The minimum atomic E-state index is -0.0543. The van der Waals surface area contributed by atoms with Gasteiger partial charge < -0.3 is 19.1 Å². The molecule has 0 aromatic carbocycles. The van der Waals surface area contributed by atoms with Gasteiger partial charge in [0.05, 0.1) is 6.26 Å². The zero-order valence-electron chi connectivity index (χ0n) is 12.3. The van der Waals surface area contributed by atoms with Crippen LogP contribution in [-0.2, 0) is 0 Å². The molecule has 0 bridgehead atoms. The summed E-state index contributed by atoms with van der Waals surface area (Å²) in [6.07, 6.45) is 3.20. The van der Waals surface area contributed by atoms with E-state index >= 15 is 0 Å². The van der Waals surface area contributed by atoms with E-state index in [2.05, 4.69) is 0 Å². The highest BCUT2D eigenvalue weighted by atomic mass is 16.3. The fourth-order valence-electron chi connectivity index (χ4n) is 3.17. The monoisotopic (exact) mass is 291 g/mol. The first-order valence-electron chi connectivity index (χ1n) is 7.59. The molecular weight excluding hydrogens is 270 g/mol. The van der Waals surface area contributed by atoms with Crippen molar-refractivity contribution in [2.24, 2.45) is 0 Å². The van der Waals surface area contributed by atoms with Crippen LogP contribution in [0.5, 0.6) is 0 Å². The van der Waals surface area contributed by atoms with E-state index in [0.29, 0.717) is 18.8 Å².